The van der Waals surface area contributed by atoms with E-state index in [9.17, 15) is 0 Å². The van der Waals surface area contributed by atoms with E-state index in [1.165, 1.54) is 0 Å². The van der Waals surface area contributed by atoms with Crippen molar-refractivity contribution in [3.05, 3.63) is 21.3 Å². The molecule has 0 aliphatic heterocycles. The molecule has 0 bridgehead atoms. The molecule has 0 atom stereocenters. The maximum atomic E-state index is 3.25. The molecule has 2 heteroatoms. The zero-order chi connectivity index (χ0) is 4.00. The first-order valence-corrected chi connectivity index (χ1v) is 1.41. The zero-order valence-corrected chi connectivity index (χ0v) is 9.60. The fourth-order valence-corrected chi connectivity index (χ4v) is 0. The monoisotopic (exact) mass is 324 g/mol. The molecule has 0 aromatic heterocycles. The van der Waals surface area contributed by atoms with E-state index in [4.69, 9.17) is 0 Å². The summed E-state index contributed by atoms with van der Waals surface area (Å²) in [6.45, 7) is 10.0. The second-order valence-electron chi connectivity index (χ2n) is 0. The van der Waals surface area contributed by atoms with Crippen LogP contribution in [0.25, 0.3) is 0 Å². The topological polar surface area (TPSA) is 0 Å². The minimum Gasteiger partial charge on any atom is -0.358 e. The number of hydrogen-bond acceptors (Lipinski definition) is 0. The molecule has 0 aromatic rings. The van der Waals surface area contributed by atoms with Gasteiger partial charge in [-0.1, -0.05) is 7.43 Å². The fraction of sp³-hybridized carbons (Fsp3) is 0.500. The first-order chi connectivity index (χ1) is 2.00. The van der Waals surface area contributed by atoms with Gasteiger partial charge >= 0.3 is 18.6 Å². The van der Waals surface area contributed by atoms with Gasteiger partial charge in [0.2, 0.25) is 0 Å². The van der Waals surface area contributed by atoms with Gasteiger partial charge in [0.05, 0.1) is 0 Å². The second kappa shape index (κ2) is 270. The van der Waals surface area contributed by atoms with Crippen LogP contribution in [-0.4, -0.2) is 0 Å². The predicted octanol–water partition coefficient (Wildman–Crippen LogP) is 2.76. The van der Waals surface area contributed by atoms with Crippen molar-refractivity contribution >= 4 is 0 Å². The van der Waals surface area contributed by atoms with Crippen LogP contribution in [0.4, 0.5) is 0 Å². The van der Waals surface area contributed by atoms with Gasteiger partial charge in [0.25, 0.3) is 0 Å². The molecule has 1 radical (unpaired) electrons. The van der Waals surface area contributed by atoms with E-state index in [0.717, 1.165) is 0 Å². The summed E-state index contributed by atoms with van der Waals surface area (Å²) < 4.78 is 0. The molecule has 0 fully saturated rings. The summed E-state index contributed by atoms with van der Waals surface area (Å²) in [6.07, 6.45) is 0. The van der Waals surface area contributed by atoms with Gasteiger partial charge in [-0.3, -0.25) is 0 Å². The molecule has 0 aromatic carbocycles. The van der Waals surface area contributed by atoms with Crippen LogP contribution in [0.1, 0.15) is 21.3 Å². The molecule has 0 aliphatic carbocycles. The Morgan fingerprint density at radius 1 is 0.875 bits per heavy atom. The SMILES string of the molecule is C.[CH2-]C.[CH2-]C.[CH3-].[V+2].[W]. The van der Waals surface area contributed by atoms with Crippen molar-refractivity contribution in [2.45, 2.75) is 21.3 Å². The van der Waals surface area contributed by atoms with Crippen LogP contribution in [0.3, 0.4) is 0 Å². The van der Waals surface area contributed by atoms with Gasteiger partial charge in [0.1, 0.15) is 0 Å². The van der Waals surface area contributed by atoms with Crippen molar-refractivity contribution in [2.75, 3.05) is 0 Å². The Kier molecular flexibility index (Phi) is 2000. The quantitative estimate of drug-likeness (QED) is 0.601. The van der Waals surface area contributed by atoms with Crippen molar-refractivity contribution in [1.29, 1.82) is 0 Å². The van der Waals surface area contributed by atoms with Crippen LogP contribution in [0.5, 0.6) is 0 Å². The van der Waals surface area contributed by atoms with Crippen LogP contribution in [-0.2, 0) is 39.6 Å². The van der Waals surface area contributed by atoms with Crippen molar-refractivity contribution < 1.29 is 39.6 Å². The Hall–Kier alpha value is 1.27. The van der Waals surface area contributed by atoms with Crippen LogP contribution in [0.2, 0.25) is 0 Å². The first-order valence-electron chi connectivity index (χ1n) is 1.41. The number of hydrogen-bond donors (Lipinski definition) is 0. The Morgan fingerprint density at radius 3 is 0.875 bits per heavy atom. The Balaban J connectivity index is -0.00000000167. The summed E-state index contributed by atoms with van der Waals surface area (Å²) in [6, 6.07) is 0. The molecule has 0 spiro atoms. The maximum absolute atomic E-state index is 3.25. The summed E-state index contributed by atoms with van der Waals surface area (Å²) in [5, 5.41) is 0. The number of rotatable bonds is 0. The van der Waals surface area contributed by atoms with Crippen LogP contribution < -0.4 is 0 Å². The van der Waals surface area contributed by atoms with Gasteiger partial charge in [-0.2, -0.15) is 13.8 Å². The third-order valence-corrected chi connectivity index (χ3v) is 0. The average molecular weight is 324 g/mol. The molecule has 0 saturated heterocycles. The first kappa shape index (κ1) is 59.2. The van der Waals surface area contributed by atoms with E-state index >= 15 is 0 Å². The Bertz CT molecular complexity index is 8.49. The molecule has 0 unspecified atom stereocenters. The van der Waals surface area contributed by atoms with E-state index in [2.05, 4.69) is 13.8 Å². The maximum Gasteiger partial charge on any atom is 2.00 e. The molecule has 53 valence electrons. The van der Waals surface area contributed by atoms with E-state index < -0.39 is 0 Å². The molecule has 0 nitrogen and oxygen atoms in total. The molecule has 0 rings (SSSR count). The van der Waals surface area contributed by atoms with Crippen molar-refractivity contribution in [3.8, 4) is 0 Å². The predicted molar refractivity (Wildman–Crippen MR) is 35.2 cm³/mol. The fourth-order valence-electron chi connectivity index (χ4n) is 0. The molecule has 0 heterocycles. The molecular formula is C6H17VW-. The Morgan fingerprint density at radius 2 is 0.875 bits per heavy atom. The van der Waals surface area contributed by atoms with Crippen molar-refractivity contribution in [3.63, 3.8) is 0 Å². The minimum atomic E-state index is 0. The minimum absolute atomic E-state index is 0. The van der Waals surface area contributed by atoms with Gasteiger partial charge in [0.15, 0.2) is 0 Å². The third kappa shape index (κ3) is 177. The van der Waals surface area contributed by atoms with Crippen molar-refractivity contribution in [2.24, 2.45) is 0 Å². The van der Waals surface area contributed by atoms with Gasteiger partial charge in [-0.15, -0.1) is 0 Å². The molecule has 8 heavy (non-hydrogen) atoms. The van der Waals surface area contributed by atoms with Crippen LogP contribution in [0, 0.1) is 21.3 Å². The zero-order valence-electron chi connectivity index (χ0n) is 5.27. The molecule has 0 N–H and O–H groups in total. The molecular weight excluding hydrogens is 307 g/mol. The van der Waals surface area contributed by atoms with Crippen LogP contribution >= 0.6 is 0 Å². The van der Waals surface area contributed by atoms with Crippen molar-refractivity contribution in [1.82, 2.24) is 0 Å². The van der Waals surface area contributed by atoms with E-state index in [1.807, 2.05) is 0 Å². The van der Waals surface area contributed by atoms with Crippen LogP contribution in [0.15, 0.2) is 0 Å². The van der Waals surface area contributed by atoms with E-state index in [-0.39, 0.29) is 54.5 Å². The smallest absolute Gasteiger partial charge is 0.358 e. The van der Waals surface area contributed by atoms with Gasteiger partial charge < -0.3 is 21.3 Å². The summed E-state index contributed by atoms with van der Waals surface area (Å²) in [7, 11) is 0. The van der Waals surface area contributed by atoms with Gasteiger partial charge in [-0.05, 0) is 0 Å². The molecule has 0 amide bonds. The third-order valence-electron chi connectivity index (χ3n) is 0. The largest absolute Gasteiger partial charge is 2.00 e. The summed E-state index contributed by atoms with van der Waals surface area (Å²) in [5.74, 6) is 0. The molecule has 0 aliphatic rings. The van der Waals surface area contributed by atoms with Gasteiger partial charge in [0, 0.05) is 21.1 Å². The Labute approximate surface area is 82.0 Å². The van der Waals surface area contributed by atoms with E-state index in [0.29, 0.717) is 0 Å². The summed E-state index contributed by atoms with van der Waals surface area (Å²) >= 11 is 0. The summed E-state index contributed by atoms with van der Waals surface area (Å²) in [5.41, 5.74) is 0. The van der Waals surface area contributed by atoms with E-state index in [1.54, 1.807) is 13.8 Å². The molecule has 0 saturated carbocycles. The van der Waals surface area contributed by atoms with Gasteiger partial charge in [-0.25, -0.2) is 0 Å². The standard InChI is InChI=1S/2C2H5.CH4.CH3.V.W/c2*1-2;;;;/h2*1H2,2H3;1H4;1H3;;/q2*-1;;-1;+2;. The average Bonchev–Trinajstić information content (AvgIpc) is 1.50. The second-order valence-corrected chi connectivity index (χ2v) is 0. The normalized spacial score (nSPS) is 1.50. The summed E-state index contributed by atoms with van der Waals surface area (Å²) in [4.78, 5) is 0.